The Morgan fingerprint density at radius 2 is 1.65 bits per heavy atom. The lowest BCUT2D eigenvalue weighted by atomic mass is 9.91. The van der Waals surface area contributed by atoms with E-state index >= 15 is 0 Å². The maximum absolute atomic E-state index is 11.3. The van der Waals surface area contributed by atoms with E-state index < -0.39 is 0 Å². The number of rotatable bonds is 16. The number of nitrogens with zero attached hydrogens (tertiary/aromatic N) is 4. The Kier molecular flexibility index (Phi) is 13.5. The molecule has 1 aromatic heterocycles. The second kappa shape index (κ2) is 18.9. The summed E-state index contributed by atoms with van der Waals surface area (Å²) in [6, 6.07) is 25.4. The first-order valence-electron chi connectivity index (χ1n) is 18.6. The van der Waals surface area contributed by atoms with Crippen molar-refractivity contribution < 1.29 is 23.8 Å². The molecule has 3 N–H and O–H groups in total. The van der Waals surface area contributed by atoms with E-state index in [0.717, 1.165) is 70.4 Å². The molecule has 0 unspecified atom stereocenters. The number of carbonyl (C=O) groups excluding carboxylic acids is 1. The van der Waals surface area contributed by atoms with Gasteiger partial charge in [-0.2, -0.15) is 5.26 Å². The minimum Gasteiger partial charge on any atom is -0.488 e. The van der Waals surface area contributed by atoms with Gasteiger partial charge < -0.3 is 29.6 Å². The van der Waals surface area contributed by atoms with E-state index in [9.17, 15) is 15.2 Å². The second-order valence-electron chi connectivity index (χ2n) is 13.9. The Morgan fingerprint density at radius 1 is 0.927 bits per heavy atom. The first kappa shape index (κ1) is 39.4. The van der Waals surface area contributed by atoms with E-state index in [1.165, 1.54) is 6.92 Å². The SMILES string of the molecule is CC(=O)NCCNCc1cc(Cl)c(OCc2cccc(-c3cccc(-c4nnc(CN5CCC(CO)CC5)o4)c3C)c2C)cc1OCc1cccc(C#N)c1. The molecule has 0 atom stereocenters. The summed E-state index contributed by atoms with van der Waals surface area (Å²) in [4.78, 5) is 13.6. The topological polar surface area (TPSA) is 146 Å². The average molecular weight is 763 g/mol. The van der Waals surface area contributed by atoms with E-state index in [-0.39, 0.29) is 25.7 Å². The van der Waals surface area contributed by atoms with Crippen LogP contribution in [0.25, 0.3) is 22.6 Å². The Labute approximate surface area is 327 Å². The number of aliphatic hydroxyl groups is 1. The summed E-state index contributed by atoms with van der Waals surface area (Å²) in [5, 5.41) is 34.2. The number of carbonyl (C=O) groups is 1. The zero-order valence-electron chi connectivity index (χ0n) is 31.5. The average Bonchev–Trinajstić information content (AvgIpc) is 3.66. The molecule has 0 spiro atoms. The molecule has 4 aromatic carbocycles. The van der Waals surface area contributed by atoms with Crippen molar-refractivity contribution >= 4 is 17.5 Å². The summed E-state index contributed by atoms with van der Waals surface area (Å²) in [7, 11) is 0. The molecule has 286 valence electrons. The maximum atomic E-state index is 11.3. The van der Waals surface area contributed by atoms with Gasteiger partial charge in [-0.3, -0.25) is 9.69 Å². The number of hydrogen-bond acceptors (Lipinski definition) is 10. The number of likely N-dealkylation sites (tertiary alicyclic amines) is 1. The number of piperidine rings is 1. The molecule has 12 heteroatoms. The van der Waals surface area contributed by atoms with Crippen LogP contribution in [0.3, 0.4) is 0 Å². The molecule has 1 aliphatic heterocycles. The number of hydrogen-bond donors (Lipinski definition) is 3. The Morgan fingerprint density at radius 3 is 2.42 bits per heavy atom. The van der Waals surface area contributed by atoms with Gasteiger partial charge in [0.1, 0.15) is 24.7 Å². The van der Waals surface area contributed by atoms with Crippen molar-refractivity contribution in [3.63, 3.8) is 0 Å². The first-order chi connectivity index (χ1) is 26.7. The van der Waals surface area contributed by atoms with Crippen molar-refractivity contribution in [2.75, 3.05) is 32.8 Å². The number of aromatic nitrogens is 2. The number of halogens is 1. The third-order valence-electron chi connectivity index (χ3n) is 10.0. The molecule has 1 aliphatic rings. The van der Waals surface area contributed by atoms with Crippen molar-refractivity contribution in [3.05, 3.63) is 117 Å². The fraction of sp³-hybridized carbons (Fsp3) is 0.349. The molecular formula is C43H47ClN6O5. The van der Waals surface area contributed by atoms with Gasteiger partial charge in [-0.25, -0.2) is 0 Å². The van der Waals surface area contributed by atoms with Crippen LogP contribution in [-0.4, -0.2) is 58.9 Å². The maximum Gasteiger partial charge on any atom is 0.248 e. The minimum atomic E-state index is -0.0837. The summed E-state index contributed by atoms with van der Waals surface area (Å²) in [5.74, 6) is 2.45. The van der Waals surface area contributed by atoms with Crippen LogP contribution in [0.1, 0.15) is 59.0 Å². The van der Waals surface area contributed by atoms with Crippen LogP contribution in [0.15, 0.2) is 77.2 Å². The Balaban J connectivity index is 1.17. The minimum absolute atomic E-state index is 0.0837. The fourth-order valence-corrected chi connectivity index (χ4v) is 7.03. The van der Waals surface area contributed by atoms with E-state index in [2.05, 4.69) is 57.8 Å². The van der Waals surface area contributed by atoms with Crippen LogP contribution in [0.2, 0.25) is 5.02 Å². The predicted octanol–water partition coefficient (Wildman–Crippen LogP) is 7.13. The van der Waals surface area contributed by atoms with E-state index in [1.807, 2.05) is 48.5 Å². The molecule has 0 radical (unpaired) electrons. The van der Waals surface area contributed by atoms with Crippen molar-refractivity contribution in [1.82, 2.24) is 25.7 Å². The van der Waals surface area contributed by atoms with E-state index in [0.29, 0.717) is 66.0 Å². The summed E-state index contributed by atoms with van der Waals surface area (Å²) < 4.78 is 18.8. The molecule has 5 aromatic rings. The molecule has 6 rings (SSSR count). The summed E-state index contributed by atoms with van der Waals surface area (Å²) in [6.07, 6.45) is 1.94. The number of ether oxygens (including phenoxy) is 2. The number of nitrogens with one attached hydrogen (secondary N) is 2. The summed E-state index contributed by atoms with van der Waals surface area (Å²) >= 11 is 6.80. The molecule has 0 saturated carbocycles. The van der Waals surface area contributed by atoms with Crippen molar-refractivity contribution in [3.8, 4) is 40.1 Å². The van der Waals surface area contributed by atoms with Gasteiger partial charge in [0, 0.05) is 50.4 Å². The van der Waals surface area contributed by atoms with Crippen LogP contribution >= 0.6 is 11.6 Å². The number of amides is 1. The number of nitriles is 1. The van der Waals surface area contributed by atoms with Gasteiger partial charge in [-0.1, -0.05) is 54.1 Å². The number of benzene rings is 4. The molecule has 0 bridgehead atoms. The van der Waals surface area contributed by atoms with Crippen LogP contribution in [-0.2, 0) is 31.1 Å². The van der Waals surface area contributed by atoms with Gasteiger partial charge in [0.2, 0.25) is 17.7 Å². The van der Waals surface area contributed by atoms with E-state index in [1.54, 1.807) is 12.1 Å². The van der Waals surface area contributed by atoms with Gasteiger partial charge in [0.05, 0.1) is 23.2 Å². The smallest absolute Gasteiger partial charge is 0.248 e. The zero-order valence-corrected chi connectivity index (χ0v) is 32.3. The van der Waals surface area contributed by atoms with Crippen LogP contribution in [0.4, 0.5) is 0 Å². The third kappa shape index (κ3) is 10.3. The van der Waals surface area contributed by atoms with Crippen LogP contribution < -0.4 is 20.1 Å². The van der Waals surface area contributed by atoms with Crippen molar-refractivity contribution in [1.29, 1.82) is 5.26 Å². The normalized spacial score (nSPS) is 13.4. The lowest BCUT2D eigenvalue weighted by Gasteiger charge is -2.29. The molecule has 0 aliphatic carbocycles. The van der Waals surface area contributed by atoms with Gasteiger partial charge in [-0.05, 0) is 103 Å². The summed E-state index contributed by atoms with van der Waals surface area (Å²) in [6.45, 7) is 10.4. The summed E-state index contributed by atoms with van der Waals surface area (Å²) in [5.41, 5.74) is 8.39. The van der Waals surface area contributed by atoms with Crippen LogP contribution in [0.5, 0.6) is 11.5 Å². The van der Waals surface area contributed by atoms with Gasteiger partial charge >= 0.3 is 0 Å². The van der Waals surface area contributed by atoms with Crippen LogP contribution in [0, 0.1) is 31.1 Å². The highest BCUT2D eigenvalue weighted by atomic mass is 35.5. The molecular weight excluding hydrogens is 716 g/mol. The molecule has 1 fully saturated rings. The standard InChI is InChI=1S/C43H47ClN6O5/c1-28-34(9-5-10-36(28)37-11-6-12-38(29(37)2)43-49-48-42(55-43)24-50-17-13-31(25-51)14-18-50)27-54-41-21-40(53-26-33-8-4-7-32(19-33)22-45)35(20-39(41)44)23-46-15-16-47-30(3)52/h4-12,19-21,31,46,51H,13-18,23-27H2,1-3H3,(H,47,52). The lowest BCUT2D eigenvalue weighted by molar-refractivity contribution is -0.118. The quantitative estimate of drug-likeness (QED) is 0.0888. The lowest BCUT2D eigenvalue weighted by Crippen LogP contribution is -2.34. The first-order valence-corrected chi connectivity index (χ1v) is 19.0. The van der Waals surface area contributed by atoms with Gasteiger partial charge in [-0.15, -0.1) is 10.2 Å². The van der Waals surface area contributed by atoms with Gasteiger partial charge in [0.25, 0.3) is 0 Å². The second-order valence-corrected chi connectivity index (χ2v) is 14.3. The monoisotopic (exact) mass is 762 g/mol. The molecule has 11 nitrogen and oxygen atoms in total. The molecule has 1 saturated heterocycles. The molecule has 55 heavy (non-hydrogen) atoms. The fourth-order valence-electron chi connectivity index (χ4n) is 6.79. The number of aliphatic hydroxyl groups excluding tert-OH is 1. The highest BCUT2D eigenvalue weighted by molar-refractivity contribution is 6.32. The molecule has 2 heterocycles. The highest BCUT2D eigenvalue weighted by Gasteiger charge is 2.22. The molecule has 1 amide bonds. The third-order valence-corrected chi connectivity index (χ3v) is 10.3. The zero-order chi connectivity index (χ0) is 38.7. The Bertz CT molecular complexity index is 2140. The van der Waals surface area contributed by atoms with Crippen molar-refractivity contribution in [2.24, 2.45) is 5.92 Å². The highest BCUT2D eigenvalue weighted by Crippen LogP contribution is 2.37. The van der Waals surface area contributed by atoms with Gasteiger partial charge in [0.15, 0.2) is 0 Å². The van der Waals surface area contributed by atoms with E-state index in [4.69, 9.17) is 25.5 Å². The Hall–Kier alpha value is -5.25. The predicted molar refractivity (Wildman–Crippen MR) is 211 cm³/mol. The largest absolute Gasteiger partial charge is 0.488 e. The van der Waals surface area contributed by atoms with Crippen molar-refractivity contribution in [2.45, 2.75) is 59.9 Å².